The van der Waals surface area contributed by atoms with Crippen LogP contribution < -0.4 is 4.74 Å². The highest BCUT2D eigenvalue weighted by molar-refractivity contribution is 9.10. The van der Waals surface area contributed by atoms with Crippen LogP contribution in [-0.2, 0) is 0 Å². The number of alkyl halides is 2. The second kappa shape index (κ2) is 3.87. The van der Waals surface area contributed by atoms with Crippen LogP contribution >= 0.6 is 15.9 Å². The van der Waals surface area contributed by atoms with E-state index in [9.17, 15) is 8.78 Å². The number of hydrogen-bond acceptors (Lipinski definition) is 3. The molecule has 0 aliphatic heterocycles. The molecule has 0 saturated heterocycles. The third-order valence-electron chi connectivity index (χ3n) is 1.38. The third-order valence-corrected chi connectivity index (χ3v) is 2.01. The van der Waals surface area contributed by atoms with Crippen molar-refractivity contribution in [3.63, 3.8) is 0 Å². The molecule has 0 atom stereocenters. The monoisotopic (exact) mass is 253 g/mol. The third kappa shape index (κ3) is 2.06. The summed E-state index contributed by atoms with van der Waals surface area (Å²) in [6.07, 6.45) is -2.68. The first kappa shape index (κ1) is 10.2. The van der Waals surface area contributed by atoms with Crippen molar-refractivity contribution in [2.24, 2.45) is 0 Å². The van der Waals surface area contributed by atoms with Gasteiger partial charge in [-0.25, -0.2) is 13.8 Å². The fraction of sp³-hybridized carbons (Fsp3) is 0.286. The molecule has 1 N–H and O–H groups in total. The molecule has 1 rings (SSSR count). The molecule has 0 unspecified atom stereocenters. The molecule has 6 heteroatoms. The SMILES string of the molecule is COc1nc(Br)c(C(F)F)cc1O. The van der Waals surface area contributed by atoms with E-state index in [0.29, 0.717) is 0 Å². The number of methoxy groups -OCH3 is 1. The molecule has 0 amide bonds. The van der Waals surface area contributed by atoms with Gasteiger partial charge in [-0.15, -0.1) is 0 Å². The minimum Gasteiger partial charge on any atom is -0.503 e. The van der Waals surface area contributed by atoms with Gasteiger partial charge in [-0.3, -0.25) is 0 Å². The van der Waals surface area contributed by atoms with Crippen molar-refractivity contribution >= 4 is 15.9 Å². The van der Waals surface area contributed by atoms with Gasteiger partial charge in [0, 0.05) is 0 Å². The molecule has 0 radical (unpaired) electrons. The van der Waals surface area contributed by atoms with Gasteiger partial charge in [0.05, 0.1) is 12.7 Å². The zero-order valence-corrected chi connectivity index (χ0v) is 8.18. The normalized spacial score (nSPS) is 10.5. The summed E-state index contributed by atoms with van der Waals surface area (Å²) < 4.78 is 29.0. The van der Waals surface area contributed by atoms with Crippen molar-refractivity contribution < 1.29 is 18.6 Å². The Kier molecular flexibility index (Phi) is 3.02. The molecule has 0 saturated carbocycles. The van der Waals surface area contributed by atoms with E-state index in [1.807, 2.05) is 0 Å². The molecular formula is C7H6BrF2NO2. The van der Waals surface area contributed by atoms with Crippen LogP contribution in [0.3, 0.4) is 0 Å². The Hall–Kier alpha value is -0.910. The second-order valence-electron chi connectivity index (χ2n) is 2.20. The highest BCUT2D eigenvalue weighted by atomic mass is 79.9. The summed E-state index contributed by atoms with van der Waals surface area (Å²) >= 11 is 2.84. The Balaban J connectivity index is 3.20. The van der Waals surface area contributed by atoms with E-state index in [0.717, 1.165) is 6.07 Å². The molecule has 1 aromatic rings. The zero-order valence-electron chi connectivity index (χ0n) is 6.59. The average Bonchev–Trinajstić information content (AvgIpc) is 2.07. The van der Waals surface area contributed by atoms with Gasteiger partial charge in [0.25, 0.3) is 12.3 Å². The van der Waals surface area contributed by atoms with Crippen molar-refractivity contribution in [3.8, 4) is 11.6 Å². The molecule has 13 heavy (non-hydrogen) atoms. The second-order valence-corrected chi connectivity index (χ2v) is 2.95. The number of hydrogen-bond donors (Lipinski definition) is 1. The van der Waals surface area contributed by atoms with Crippen LogP contribution in [-0.4, -0.2) is 17.2 Å². The van der Waals surface area contributed by atoms with Gasteiger partial charge in [0.1, 0.15) is 4.60 Å². The van der Waals surface area contributed by atoms with Gasteiger partial charge in [-0.05, 0) is 22.0 Å². The number of pyridine rings is 1. The molecule has 0 spiro atoms. The van der Waals surface area contributed by atoms with Crippen LogP contribution in [0.4, 0.5) is 8.78 Å². The molecule has 0 fully saturated rings. The number of nitrogens with zero attached hydrogens (tertiary/aromatic N) is 1. The maximum absolute atomic E-state index is 12.2. The minimum absolute atomic E-state index is 0.0304. The number of halogens is 3. The molecule has 0 aliphatic rings. The van der Waals surface area contributed by atoms with Crippen LogP contribution in [0.1, 0.15) is 12.0 Å². The van der Waals surface area contributed by atoms with Crippen LogP contribution in [0.15, 0.2) is 10.7 Å². The predicted octanol–water partition coefficient (Wildman–Crippen LogP) is 2.50. The van der Waals surface area contributed by atoms with Gasteiger partial charge < -0.3 is 9.84 Å². The first-order valence-corrected chi connectivity index (χ1v) is 4.07. The number of rotatable bonds is 2. The van der Waals surface area contributed by atoms with Crippen molar-refractivity contribution in [1.82, 2.24) is 4.98 Å². The summed E-state index contributed by atoms with van der Waals surface area (Å²) in [5, 5.41) is 9.12. The maximum atomic E-state index is 12.2. The van der Waals surface area contributed by atoms with Gasteiger partial charge >= 0.3 is 0 Å². The number of aromatic nitrogens is 1. The lowest BCUT2D eigenvalue weighted by Crippen LogP contribution is -1.94. The Morgan fingerprint density at radius 3 is 2.69 bits per heavy atom. The van der Waals surface area contributed by atoms with Gasteiger partial charge in [-0.1, -0.05) is 0 Å². The Morgan fingerprint density at radius 2 is 2.23 bits per heavy atom. The summed E-state index contributed by atoms with van der Waals surface area (Å²) in [6, 6.07) is 0.917. The summed E-state index contributed by atoms with van der Waals surface area (Å²) in [5.41, 5.74) is -0.363. The molecule has 3 nitrogen and oxygen atoms in total. The molecule has 0 bridgehead atoms. The molecule has 0 aliphatic carbocycles. The smallest absolute Gasteiger partial charge is 0.266 e. The van der Waals surface area contributed by atoms with Gasteiger partial charge in [-0.2, -0.15) is 0 Å². The first-order chi connectivity index (χ1) is 6.06. The largest absolute Gasteiger partial charge is 0.503 e. The molecule has 1 aromatic heterocycles. The van der Waals surface area contributed by atoms with Crippen molar-refractivity contribution in [2.75, 3.05) is 7.11 Å². The summed E-state index contributed by atoms with van der Waals surface area (Å²) in [6.45, 7) is 0. The van der Waals surface area contributed by atoms with E-state index in [2.05, 4.69) is 25.7 Å². The lowest BCUT2D eigenvalue weighted by Gasteiger charge is -2.06. The van der Waals surface area contributed by atoms with E-state index >= 15 is 0 Å². The molecule has 0 aromatic carbocycles. The van der Waals surface area contributed by atoms with Crippen LogP contribution in [0.2, 0.25) is 0 Å². The summed E-state index contributed by atoms with van der Waals surface area (Å²) in [5.74, 6) is -0.489. The highest BCUT2D eigenvalue weighted by Crippen LogP contribution is 2.33. The minimum atomic E-state index is -2.68. The number of ether oxygens (including phenoxy) is 1. The fourth-order valence-electron chi connectivity index (χ4n) is 0.783. The molecular weight excluding hydrogens is 248 g/mol. The number of aromatic hydroxyl groups is 1. The van der Waals surface area contributed by atoms with Gasteiger partial charge in [0.15, 0.2) is 5.75 Å². The van der Waals surface area contributed by atoms with E-state index in [1.165, 1.54) is 7.11 Å². The van der Waals surface area contributed by atoms with Crippen molar-refractivity contribution in [1.29, 1.82) is 0 Å². The zero-order chi connectivity index (χ0) is 10.0. The van der Waals surface area contributed by atoms with E-state index in [-0.39, 0.29) is 16.0 Å². The van der Waals surface area contributed by atoms with Crippen LogP contribution in [0.25, 0.3) is 0 Å². The Bertz CT molecular complexity index is 320. The Labute approximate surface area is 81.5 Å². The van der Waals surface area contributed by atoms with Crippen LogP contribution in [0, 0.1) is 0 Å². The van der Waals surface area contributed by atoms with E-state index in [1.54, 1.807) is 0 Å². The predicted molar refractivity (Wildman–Crippen MR) is 45.1 cm³/mol. The van der Waals surface area contributed by atoms with Crippen LogP contribution in [0.5, 0.6) is 11.6 Å². The van der Waals surface area contributed by atoms with E-state index in [4.69, 9.17) is 5.11 Å². The summed E-state index contributed by atoms with van der Waals surface area (Å²) in [7, 11) is 1.29. The highest BCUT2D eigenvalue weighted by Gasteiger charge is 2.16. The standard InChI is InChI=1S/C7H6BrF2NO2/c1-13-7-4(12)2-3(6(9)10)5(8)11-7/h2,6,12H,1H3. The first-order valence-electron chi connectivity index (χ1n) is 3.27. The molecule has 1 heterocycles. The summed E-state index contributed by atoms with van der Waals surface area (Å²) in [4.78, 5) is 3.58. The van der Waals surface area contributed by atoms with Crippen molar-refractivity contribution in [3.05, 3.63) is 16.2 Å². The topological polar surface area (TPSA) is 42.4 Å². The molecule has 72 valence electrons. The average molecular weight is 254 g/mol. The van der Waals surface area contributed by atoms with E-state index < -0.39 is 12.2 Å². The Morgan fingerprint density at radius 1 is 1.62 bits per heavy atom. The van der Waals surface area contributed by atoms with Crippen molar-refractivity contribution in [2.45, 2.75) is 6.43 Å². The lowest BCUT2D eigenvalue weighted by molar-refractivity contribution is 0.149. The quantitative estimate of drug-likeness (QED) is 0.824. The fourth-order valence-corrected chi connectivity index (χ4v) is 1.23. The lowest BCUT2D eigenvalue weighted by atomic mass is 10.3. The van der Waals surface area contributed by atoms with Gasteiger partial charge in [0.2, 0.25) is 0 Å². The maximum Gasteiger partial charge on any atom is 0.266 e.